The van der Waals surface area contributed by atoms with Gasteiger partial charge in [0.25, 0.3) is 0 Å². The Bertz CT molecular complexity index is 606. The standard InChI is InChI=1S/C13H19N5O2/c1-9(2)6-20-10(19)5-18-8-16-11-12(17(3)4)14-7-15-13(11)18/h7-9H,5-6H2,1-4H3. The summed E-state index contributed by atoms with van der Waals surface area (Å²) in [6, 6.07) is 0. The minimum atomic E-state index is -0.289. The SMILES string of the molecule is CC(C)COC(=O)Cn1cnc2c(N(C)C)ncnc21. The molecule has 7 heteroatoms. The zero-order chi connectivity index (χ0) is 14.7. The number of nitrogens with zero attached hydrogens (tertiary/aromatic N) is 5. The van der Waals surface area contributed by atoms with Gasteiger partial charge in [-0.15, -0.1) is 0 Å². The first-order valence-electron chi connectivity index (χ1n) is 6.47. The topological polar surface area (TPSA) is 73.1 Å². The molecule has 0 atom stereocenters. The molecule has 2 aromatic heterocycles. The van der Waals surface area contributed by atoms with Gasteiger partial charge < -0.3 is 14.2 Å². The van der Waals surface area contributed by atoms with Crippen molar-refractivity contribution in [3.63, 3.8) is 0 Å². The van der Waals surface area contributed by atoms with Crippen molar-refractivity contribution >= 4 is 23.0 Å². The maximum Gasteiger partial charge on any atom is 0.326 e. The Morgan fingerprint density at radius 3 is 2.75 bits per heavy atom. The average Bonchev–Trinajstić information content (AvgIpc) is 2.79. The van der Waals surface area contributed by atoms with Crippen LogP contribution in [-0.4, -0.2) is 46.2 Å². The van der Waals surface area contributed by atoms with Crippen molar-refractivity contribution < 1.29 is 9.53 Å². The molecular weight excluding hydrogens is 258 g/mol. The van der Waals surface area contributed by atoms with Gasteiger partial charge in [-0.3, -0.25) is 4.79 Å². The largest absolute Gasteiger partial charge is 0.464 e. The summed E-state index contributed by atoms with van der Waals surface area (Å²) in [4.78, 5) is 26.3. The molecule has 0 aliphatic heterocycles. The van der Waals surface area contributed by atoms with Crippen LogP contribution in [0.15, 0.2) is 12.7 Å². The molecule has 0 aliphatic carbocycles. The summed E-state index contributed by atoms with van der Waals surface area (Å²) in [7, 11) is 3.77. The summed E-state index contributed by atoms with van der Waals surface area (Å²) in [6.07, 6.45) is 3.05. The van der Waals surface area contributed by atoms with E-state index in [1.807, 2.05) is 32.8 Å². The Hall–Kier alpha value is -2.18. The van der Waals surface area contributed by atoms with E-state index in [0.717, 1.165) is 5.82 Å². The molecule has 0 fully saturated rings. The van der Waals surface area contributed by atoms with Gasteiger partial charge in [0.05, 0.1) is 12.9 Å². The van der Waals surface area contributed by atoms with Crippen LogP contribution in [0.3, 0.4) is 0 Å². The summed E-state index contributed by atoms with van der Waals surface area (Å²) in [5.41, 5.74) is 1.30. The monoisotopic (exact) mass is 277 g/mol. The molecule has 2 aromatic rings. The van der Waals surface area contributed by atoms with Crippen molar-refractivity contribution in [3.05, 3.63) is 12.7 Å². The summed E-state index contributed by atoms with van der Waals surface area (Å²) in [6.45, 7) is 4.52. The van der Waals surface area contributed by atoms with Gasteiger partial charge in [0.1, 0.15) is 12.9 Å². The van der Waals surface area contributed by atoms with Crippen LogP contribution in [0.1, 0.15) is 13.8 Å². The Morgan fingerprint density at radius 1 is 1.35 bits per heavy atom. The highest BCUT2D eigenvalue weighted by atomic mass is 16.5. The number of aromatic nitrogens is 4. The fraction of sp³-hybridized carbons (Fsp3) is 0.538. The van der Waals surface area contributed by atoms with E-state index >= 15 is 0 Å². The van der Waals surface area contributed by atoms with E-state index < -0.39 is 0 Å². The van der Waals surface area contributed by atoms with Crippen molar-refractivity contribution in [1.82, 2.24) is 19.5 Å². The molecule has 0 bridgehead atoms. The second-order valence-electron chi connectivity index (χ2n) is 5.21. The van der Waals surface area contributed by atoms with Crippen LogP contribution in [0.5, 0.6) is 0 Å². The van der Waals surface area contributed by atoms with Crippen LogP contribution in [0.2, 0.25) is 0 Å². The lowest BCUT2D eigenvalue weighted by Gasteiger charge is -2.11. The highest BCUT2D eigenvalue weighted by Crippen LogP contribution is 2.19. The molecule has 0 spiro atoms. The smallest absolute Gasteiger partial charge is 0.326 e. The molecule has 0 saturated heterocycles. The molecule has 0 saturated carbocycles. The van der Waals surface area contributed by atoms with Crippen LogP contribution in [0.4, 0.5) is 5.82 Å². The number of anilines is 1. The molecule has 7 nitrogen and oxygen atoms in total. The molecule has 0 radical (unpaired) electrons. The summed E-state index contributed by atoms with van der Waals surface area (Å²) < 4.78 is 6.84. The molecule has 0 aliphatic rings. The molecule has 0 N–H and O–H groups in total. The first-order chi connectivity index (χ1) is 9.49. The van der Waals surface area contributed by atoms with Gasteiger partial charge in [-0.25, -0.2) is 15.0 Å². The van der Waals surface area contributed by atoms with E-state index in [2.05, 4.69) is 15.0 Å². The molecule has 108 valence electrons. The molecule has 0 amide bonds. The molecule has 2 rings (SSSR count). The van der Waals surface area contributed by atoms with Gasteiger partial charge >= 0.3 is 5.97 Å². The Labute approximate surface area is 117 Å². The zero-order valence-electron chi connectivity index (χ0n) is 12.2. The maximum absolute atomic E-state index is 11.8. The number of ether oxygens (including phenoxy) is 1. The molecule has 0 aromatic carbocycles. The number of carbonyl (C=O) groups excluding carboxylic acids is 1. The van der Waals surface area contributed by atoms with Crippen LogP contribution in [0, 0.1) is 5.92 Å². The number of hydrogen-bond acceptors (Lipinski definition) is 6. The van der Waals surface area contributed by atoms with E-state index in [0.29, 0.717) is 23.7 Å². The van der Waals surface area contributed by atoms with Crippen LogP contribution < -0.4 is 4.90 Å². The van der Waals surface area contributed by atoms with Crippen LogP contribution in [0.25, 0.3) is 11.2 Å². The maximum atomic E-state index is 11.8. The molecular formula is C13H19N5O2. The fourth-order valence-electron chi connectivity index (χ4n) is 1.76. The highest BCUT2D eigenvalue weighted by molar-refractivity contribution is 5.84. The average molecular weight is 277 g/mol. The van der Waals surface area contributed by atoms with Crippen molar-refractivity contribution in [2.45, 2.75) is 20.4 Å². The van der Waals surface area contributed by atoms with E-state index in [1.165, 1.54) is 6.33 Å². The predicted octanol–water partition coefficient (Wildman–Crippen LogP) is 1.09. The van der Waals surface area contributed by atoms with Gasteiger partial charge in [0.2, 0.25) is 0 Å². The van der Waals surface area contributed by atoms with Gasteiger partial charge in [-0.05, 0) is 5.92 Å². The predicted molar refractivity (Wildman–Crippen MR) is 75.4 cm³/mol. The second-order valence-corrected chi connectivity index (χ2v) is 5.21. The third-order valence-corrected chi connectivity index (χ3v) is 2.68. The number of esters is 1. The van der Waals surface area contributed by atoms with Gasteiger partial charge in [-0.2, -0.15) is 0 Å². The summed E-state index contributed by atoms with van der Waals surface area (Å²) in [5.74, 6) is 0.758. The van der Waals surface area contributed by atoms with E-state index in [1.54, 1.807) is 10.9 Å². The van der Waals surface area contributed by atoms with Crippen LogP contribution >= 0.6 is 0 Å². The Kier molecular flexibility index (Phi) is 4.16. The minimum absolute atomic E-state index is 0.104. The Morgan fingerprint density at radius 2 is 2.10 bits per heavy atom. The lowest BCUT2D eigenvalue weighted by Crippen LogP contribution is -2.16. The second kappa shape index (κ2) is 5.85. The normalized spacial score (nSPS) is 11.1. The van der Waals surface area contributed by atoms with E-state index in [9.17, 15) is 4.79 Å². The third kappa shape index (κ3) is 3.04. The molecule has 0 unspecified atom stereocenters. The number of hydrogen-bond donors (Lipinski definition) is 0. The molecule has 2 heterocycles. The van der Waals surface area contributed by atoms with E-state index in [-0.39, 0.29) is 12.5 Å². The highest BCUT2D eigenvalue weighted by Gasteiger charge is 2.14. The Balaban J connectivity index is 2.19. The van der Waals surface area contributed by atoms with Gasteiger partial charge in [0, 0.05) is 14.1 Å². The quantitative estimate of drug-likeness (QED) is 0.762. The van der Waals surface area contributed by atoms with Crippen molar-refractivity contribution in [3.8, 4) is 0 Å². The lowest BCUT2D eigenvalue weighted by atomic mass is 10.2. The minimum Gasteiger partial charge on any atom is -0.464 e. The summed E-state index contributed by atoms with van der Waals surface area (Å²) in [5, 5.41) is 0. The number of carbonyl (C=O) groups is 1. The van der Waals surface area contributed by atoms with Gasteiger partial charge in [-0.1, -0.05) is 13.8 Å². The summed E-state index contributed by atoms with van der Waals surface area (Å²) >= 11 is 0. The van der Waals surface area contributed by atoms with E-state index in [4.69, 9.17) is 4.74 Å². The molecule has 20 heavy (non-hydrogen) atoms. The van der Waals surface area contributed by atoms with Gasteiger partial charge in [0.15, 0.2) is 17.0 Å². The van der Waals surface area contributed by atoms with Crippen molar-refractivity contribution in [2.75, 3.05) is 25.6 Å². The zero-order valence-corrected chi connectivity index (χ0v) is 12.2. The third-order valence-electron chi connectivity index (χ3n) is 2.68. The number of rotatable bonds is 5. The lowest BCUT2D eigenvalue weighted by molar-refractivity contribution is -0.145. The first kappa shape index (κ1) is 14.2. The number of imidazole rings is 1. The first-order valence-corrected chi connectivity index (χ1v) is 6.47. The fourth-order valence-corrected chi connectivity index (χ4v) is 1.76. The van der Waals surface area contributed by atoms with Crippen LogP contribution in [-0.2, 0) is 16.1 Å². The van der Waals surface area contributed by atoms with Crippen molar-refractivity contribution in [2.24, 2.45) is 5.92 Å². The number of fused-ring (bicyclic) bond motifs is 1. The van der Waals surface area contributed by atoms with Crippen molar-refractivity contribution in [1.29, 1.82) is 0 Å².